The summed E-state index contributed by atoms with van der Waals surface area (Å²) in [6.45, 7) is 0.744. The van der Waals surface area contributed by atoms with Crippen molar-refractivity contribution in [3.8, 4) is 11.8 Å². The molecule has 1 aliphatic carbocycles. The van der Waals surface area contributed by atoms with Crippen molar-refractivity contribution in [1.29, 1.82) is 0 Å². The number of aromatic nitrogens is 1. The van der Waals surface area contributed by atoms with Crippen LogP contribution in [0.5, 0.6) is 0 Å². The summed E-state index contributed by atoms with van der Waals surface area (Å²) < 4.78 is 37.7. The number of alkyl halides is 3. The average Bonchev–Trinajstić information content (AvgIpc) is 3.14. The first kappa shape index (κ1) is 21.7. The van der Waals surface area contributed by atoms with Gasteiger partial charge >= 0.3 is 12.1 Å². The molecule has 0 spiro atoms. The van der Waals surface area contributed by atoms with Crippen LogP contribution < -0.4 is 5.32 Å². The number of aliphatic hydroxyl groups excluding tert-OH is 1. The van der Waals surface area contributed by atoms with Crippen LogP contribution in [0.4, 0.5) is 18.9 Å². The van der Waals surface area contributed by atoms with Gasteiger partial charge in [-0.25, -0.2) is 4.98 Å². The normalized spacial score (nSPS) is 24.7. The molecule has 158 valence electrons. The summed E-state index contributed by atoms with van der Waals surface area (Å²) in [4.78, 5) is 16.2. The highest BCUT2D eigenvalue weighted by Crippen LogP contribution is 2.27. The smallest absolute Gasteiger partial charge is 0.393 e. The van der Waals surface area contributed by atoms with Crippen LogP contribution in [0.2, 0.25) is 5.15 Å². The number of hydrogen-bond acceptors (Lipinski definition) is 4. The van der Waals surface area contributed by atoms with Crippen LogP contribution >= 0.6 is 11.6 Å². The largest absolute Gasteiger partial charge is 0.471 e. The van der Waals surface area contributed by atoms with Crippen LogP contribution in [0.25, 0.3) is 0 Å². The van der Waals surface area contributed by atoms with Crippen LogP contribution in [-0.2, 0) is 4.79 Å². The van der Waals surface area contributed by atoms with Crippen LogP contribution in [0, 0.1) is 23.7 Å². The predicted octanol–water partition coefficient (Wildman–Crippen LogP) is 3.46. The van der Waals surface area contributed by atoms with Gasteiger partial charge in [-0.05, 0) is 44.1 Å². The second kappa shape index (κ2) is 9.23. The molecule has 29 heavy (non-hydrogen) atoms. The number of anilines is 1. The molecule has 1 saturated carbocycles. The molecule has 1 aromatic rings. The van der Waals surface area contributed by atoms with E-state index in [1.54, 1.807) is 6.07 Å². The van der Waals surface area contributed by atoms with Crippen molar-refractivity contribution in [1.82, 2.24) is 9.88 Å². The zero-order valence-electron chi connectivity index (χ0n) is 15.8. The van der Waals surface area contributed by atoms with Crippen molar-refractivity contribution in [2.45, 2.75) is 44.4 Å². The van der Waals surface area contributed by atoms with Gasteiger partial charge in [-0.15, -0.1) is 0 Å². The minimum Gasteiger partial charge on any atom is -0.393 e. The number of rotatable bonds is 3. The summed E-state index contributed by atoms with van der Waals surface area (Å²) in [5.41, 5.74) is 1.34. The van der Waals surface area contributed by atoms with Gasteiger partial charge in [0.1, 0.15) is 5.15 Å². The second-order valence-corrected chi connectivity index (χ2v) is 8.00. The van der Waals surface area contributed by atoms with E-state index in [9.17, 15) is 23.1 Å². The number of carbonyl (C=O) groups excluding carboxylic acids is 1. The molecular weight excluding hydrogens is 407 g/mol. The van der Waals surface area contributed by atoms with Gasteiger partial charge in [0, 0.05) is 31.7 Å². The van der Waals surface area contributed by atoms with Gasteiger partial charge in [0.05, 0.1) is 17.4 Å². The number of aliphatic hydroxyl groups is 1. The van der Waals surface area contributed by atoms with Gasteiger partial charge in [-0.1, -0.05) is 23.4 Å². The van der Waals surface area contributed by atoms with Gasteiger partial charge in [0.25, 0.3) is 0 Å². The molecule has 0 bridgehead atoms. The molecule has 2 N–H and O–H groups in total. The highest BCUT2D eigenvalue weighted by molar-refractivity contribution is 6.29. The molecule has 5 nitrogen and oxygen atoms in total. The summed E-state index contributed by atoms with van der Waals surface area (Å²) in [6, 6.07) is 1.68. The Morgan fingerprint density at radius 3 is 2.72 bits per heavy atom. The van der Waals surface area contributed by atoms with E-state index < -0.39 is 12.1 Å². The lowest BCUT2D eigenvalue weighted by Gasteiger charge is -2.26. The van der Waals surface area contributed by atoms with Crippen molar-refractivity contribution >= 4 is 23.2 Å². The SMILES string of the molecule is O=C(N1CCC(C#Cc2cnc(Cl)cc2NC[C@H]2CC[C@H](O)CC2)C1)C(F)(F)F. The zero-order valence-corrected chi connectivity index (χ0v) is 16.6. The maximum absolute atomic E-state index is 12.6. The molecule has 1 aromatic heterocycles. The molecule has 0 aromatic carbocycles. The molecule has 2 aliphatic rings. The number of hydrogen-bond donors (Lipinski definition) is 2. The quantitative estimate of drug-likeness (QED) is 0.570. The number of halogens is 4. The second-order valence-electron chi connectivity index (χ2n) is 7.61. The van der Waals surface area contributed by atoms with E-state index in [2.05, 4.69) is 22.1 Å². The number of pyridine rings is 1. The first-order valence-electron chi connectivity index (χ1n) is 9.67. The lowest BCUT2D eigenvalue weighted by atomic mass is 9.87. The molecule has 1 aliphatic heterocycles. The summed E-state index contributed by atoms with van der Waals surface area (Å²) in [5.74, 6) is 4.27. The van der Waals surface area contributed by atoms with E-state index in [0.29, 0.717) is 23.1 Å². The Balaban J connectivity index is 1.62. The van der Waals surface area contributed by atoms with E-state index in [-0.39, 0.29) is 25.1 Å². The van der Waals surface area contributed by atoms with E-state index >= 15 is 0 Å². The van der Waals surface area contributed by atoms with E-state index in [1.165, 1.54) is 6.20 Å². The van der Waals surface area contributed by atoms with Crippen molar-refractivity contribution in [2.75, 3.05) is 25.0 Å². The number of likely N-dealkylation sites (tertiary alicyclic amines) is 1. The van der Waals surface area contributed by atoms with E-state index in [4.69, 9.17) is 11.6 Å². The van der Waals surface area contributed by atoms with Gasteiger partial charge in [-0.2, -0.15) is 13.2 Å². The molecule has 3 rings (SSSR count). The van der Waals surface area contributed by atoms with Gasteiger partial charge < -0.3 is 15.3 Å². The van der Waals surface area contributed by atoms with Crippen molar-refractivity contribution in [3.05, 3.63) is 23.0 Å². The molecule has 1 unspecified atom stereocenters. The summed E-state index contributed by atoms with van der Waals surface area (Å²) >= 11 is 6.00. The first-order valence-corrected chi connectivity index (χ1v) is 10.1. The molecule has 2 heterocycles. The maximum Gasteiger partial charge on any atom is 0.471 e. The fourth-order valence-corrected chi connectivity index (χ4v) is 3.86. The highest BCUT2D eigenvalue weighted by atomic mass is 35.5. The van der Waals surface area contributed by atoms with Gasteiger partial charge in [0.15, 0.2) is 0 Å². The monoisotopic (exact) mass is 429 g/mol. The Bertz CT molecular complexity index is 798. The number of nitrogens with one attached hydrogen (secondary N) is 1. The Kier molecular flexibility index (Phi) is 6.91. The Labute approximate surface area is 172 Å². The summed E-state index contributed by atoms with van der Waals surface area (Å²) in [6.07, 6.45) is 0.361. The van der Waals surface area contributed by atoms with Crippen LogP contribution in [0.3, 0.4) is 0 Å². The molecule has 1 atom stereocenters. The summed E-state index contributed by atoms with van der Waals surface area (Å²) in [7, 11) is 0. The van der Waals surface area contributed by atoms with Crippen molar-refractivity contribution < 1.29 is 23.1 Å². The van der Waals surface area contributed by atoms with Gasteiger partial charge in [0.2, 0.25) is 0 Å². The van der Waals surface area contributed by atoms with Crippen LogP contribution in [-0.4, -0.2) is 52.8 Å². The minimum absolute atomic E-state index is 0.0282. The summed E-state index contributed by atoms with van der Waals surface area (Å²) in [5, 5.41) is 13.3. The standard InChI is InChI=1S/C20H23ClF3N3O2/c21-18-9-17(25-10-13-2-5-16(28)6-3-13)15(11-26-18)4-1-14-7-8-27(12-14)19(29)20(22,23)24/h9,11,13-14,16,28H,2-3,5-8,10,12H2,(H,25,26)/t13-,14?,16-. The lowest BCUT2D eigenvalue weighted by Crippen LogP contribution is -2.39. The zero-order chi connectivity index (χ0) is 21.0. The third-order valence-electron chi connectivity index (χ3n) is 5.40. The fraction of sp³-hybridized carbons (Fsp3) is 0.600. The molecule has 1 saturated heterocycles. The molecule has 1 amide bonds. The molecule has 2 fully saturated rings. The van der Waals surface area contributed by atoms with Crippen LogP contribution in [0.1, 0.15) is 37.7 Å². The van der Waals surface area contributed by atoms with E-state index in [1.807, 2.05) is 0 Å². The Morgan fingerprint density at radius 1 is 1.31 bits per heavy atom. The predicted molar refractivity (Wildman–Crippen MR) is 103 cm³/mol. The van der Waals surface area contributed by atoms with Crippen LogP contribution in [0.15, 0.2) is 12.3 Å². The Morgan fingerprint density at radius 2 is 2.03 bits per heavy atom. The number of amides is 1. The molecular formula is C20H23ClF3N3O2. The number of carbonyl (C=O) groups is 1. The fourth-order valence-electron chi connectivity index (χ4n) is 3.70. The average molecular weight is 430 g/mol. The molecule has 9 heteroatoms. The third-order valence-corrected chi connectivity index (χ3v) is 5.60. The van der Waals surface area contributed by atoms with Crippen molar-refractivity contribution in [2.24, 2.45) is 11.8 Å². The minimum atomic E-state index is -4.85. The first-order chi connectivity index (χ1) is 13.7. The van der Waals surface area contributed by atoms with E-state index in [0.717, 1.165) is 42.8 Å². The lowest BCUT2D eigenvalue weighted by molar-refractivity contribution is -0.184. The van der Waals surface area contributed by atoms with Crippen molar-refractivity contribution in [3.63, 3.8) is 0 Å². The highest BCUT2D eigenvalue weighted by Gasteiger charge is 2.44. The maximum atomic E-state index is 12.6. The third kappa shape index (κ3) is 6.00. The molecule has 0 radical (unpaired) electrons. The topological polar surface area (TPSA) is 65.5 Å². The Hall–Kier alpha value is -1.98. The van der Waals surface area contributed by atoms with Gasteiger partial charge in [-0.3, -0.25) is 4.79 Å². The number of nitrogens with zero attached hydrogens (tertiary/aromatic N) is 2.